The molecule has 0 spiro atoms. The molecular formula is C11H13N3O. The van der Waals surface area contributed by atoms with E-state index >= 15 is 0 Å². The topological polar surface area (TPSA) is 67.5 Å². The van der Waals surface area contributed by atoms with E-state index in [1.807, 2.05) is 37.3 Å². The Morgan fingerprint density at radius 2 is 2.07 bits per heavy atom. The highest BCUT2D eigenvalue weighted by atomic mass is 16.1. The number of rotatable bonds is 1. The van der Waals surface area contributed by atoms with Gasteiger partial charge in [-0.3, -0.25) is 10.1 Å². The Balaban J connectivity index is 2.43. The minimum Gasteiger partial charge on any atom is -0.370 e. The Morgan fingerprint density at radius 3 is 2.67 bits per heavy atom. The van der Waals surface area contributed by atoms with Crippen molar-refractivity contribution in [2.24, 2.45) is 10.7 Å². The van der Waals surface area contributed by atoms with Crippen LogP contribution in [0.15, 0.2) is 35.3 Å². The van der Waals surface area contributed by atoms with Gasteiger partial charge >= 0.3 is 0 Å². The molecule has 4 heteroatoms. The molecule has 1 aromatic carbocycles. The molecule has 0 saturated heterocycles. The maximum absolute atomic E-state index is 11.4. The van der Waals surface area contributed by atoms with Crippen molar-refractivity contribution in [3.05, 3.63) is 35.9 Å². The molecule has 0 saturated carbocycles. The number of hydrogen-bond donors (Lipinski definition) is 2. The fraction of sp³-hybridized carbons (Fsp3) is 0.273. The quantitative estimate of drug-likeness (QED) is 0.706. The summed E-state index contributed by atoms with van der Waals surface area (Å²) in [5, 5.41) is 2.49. The largest absolute Gasteiger partial charge is 0.370 e. The number of hydrogen-bond acceptors (Lipinski definition) is 3. The minimum absolute atomic E-state index is 0.0890. The predicted octanol–water partition coefficient (Wildman–Crippen LogP) is 0.736. The lowest BCUT2D eigenvalue weighted by atomic mass is 9.88. The number of carbonyl (C=O) groups excluding carboxylic acids is 1. The summed E-state index contributed by atoms with van der Waals surface area (Å²) in [5.74, 6) is 0.103. The molecule has 1 atom stereocenters. The molecule has 1 aliphatic heterocycles. The summed E-state index contributed by atoms with van der Waals surface area (Å²) >= 11 is 0. The highest BCUT2D eigenvalue weighted by Crippen LogP contribution is 2.30. The van der Waals surface area contributed by atoms with Crippen molar-refractivity contribution in [2.75, 3.05) is 0 Å². The van der Waals surface area contributed by atoms with E-state index in [0.29, 0.717) is 6.42 Å². The maximum Gasteiger partial charge on any atom is 0.229 e. The van der Waals surface area contributed by atoms with Gasteiger partial charge in [0.15, 0.2) is 5.96 Å². The van der Waals surface area contributed by atoms with Crippen LogP contribution in [0.1, 0.15) is 18.9 Å². The number of nitrogens with one attached hydrogen (secondary N) is 1. The molecule has 15 heavy (non-hydrogen) atoms. The number of nitrogens with zero attached hydrogens (tertiary/aromatic N) is 1. The summed E-state index contributed by atoms with van der Waals surface area (Å²) in [6.07, 6.45) is 0.331. The normalized spacial score (nSPS) is 25.7. The second-order valence-electron chi connectivity index (χ2n) is 3.86. The third kappa shape index (κ3) is 1.83. The zero-order valence-corrected chi connectivity index (χ0v) is 8.53. The van der Waals surface area contributed by atoms with Gasteiger partial charge in [-0.1, -0.05) is 30.3 Å². The van der Waals surface area contributed by atoms with Crippen molar-refractivity contribution < 1.29 is 4.79 Å². The first-order valence-electron chi connectivity index (χ1n) is 4.81. The van der Waals surface area contributed by atoms with E-state index < -0.39 is 5.54 Å². The van der Waals surface area contributed by atoms with Gasteiger partial charge in [0, 0.05) is 0 Å². The SMILES string of the molecule is CC1(c2ccccc2)CC(=O)NC(N)=N1. The molecule has 2 rings (SSSR count). The second kappa shape index (κ2) is 3.38. The molecule has 0 aromatic heterocycles. The molecule has 4 nitrogen and oxygen atoms in total. The fourth-order valence-electron chi connectivity index (χ4n) is 1.80. The Hall–Kier alpha value is -1.84. The molecular weight excluding hydrogens is 190 g/mol. The van der Waals surface area contributed by atoms with Crippen LogP contribution in [0, 0.1) is 0 Å². The lowest BCUT2D eigenvalue weighted by Crippen LogP contribution is -2.46. The summed E-state index contributed by atoms with van der Waals surface area (Å²) in [7, 11) is 0. The zero-order valence-electron chi connectivity index (χ0n) is 8.53. The van der Waals surface area contributed by atoms with Crippen molar-refractivity contribution in [1.82, 2.24) is 5.32 Å². The Bertz CT molecular complexity index is 413. The molecule has 0 radical (unpaired) electrons. The Labute approximate surface area is 88.2 Å². The standard InChI is InChI=1S/C11H13N3O/c1-11(8-5-3-2-4-6-8)7-9(15)13-10(12)14-11/h2-6H,7H2,1H3,(H3,12,13,14,15). The smallest absolute Gasteiger partial charge is 0.229 e. The number of benzene rings is 1. The first-order chi connectivity index (χ1) is 7.10. The molecule has 0 bridgehead atoms. The predicted molar refractivity (Wildman–Crippen MR) is 58.2 cm³/mol. The summed E-state index contributed by atoms with van der Waals surface area (Å²) in [6, 6.07) is 9.70. The summed E-state index contributed by atoms with van der Waals surface area (Å²) in [4.78, 5) is 15.7. The number of nitrogens with two attached hydrogens (primary N) is 1. The molecule has 1 aromatic rings. The number of amides is 1. The highest BCUT2D eigenvalue weighted by Gasteiger charge is 2.32. The summed E-state index contributed by atoms with van der Waals surface area (Å²) < 4.78 is 0. The van der Waals surface area contributed by atoms with E-state index in [4.69, 9.17) is 5.73 Å². The van der Waals surface area contributed by atoms with Crippen molar-refractivity contribution in [3.8, 4) is 0 Å². The minimum atomic E-state index is -0.534. The molecule has 0 aliphatic carbocycles. The van der Waals surface area contributed by atoms with Gasteiger partial charge in [0.25, 0.3) is 0 Å². The van der Waals surface area contributed by atoms with Crippen LogP contribution in [0.4, 0.5) is 0 Å². The molecule has 1 amide bonds. The van der Waals surface area contributed by atoms with Gasteiger partial charge in [0.05, 0.1) is 12.0 Å². The first-order valence-corrected chi connectivity index (χ1v) is 4.81. The van der Waals surface area contributed by atoms with Crippen LogP contribution in [0.2, 0.25) is 0 Å². The molecule has 78 valence electrons. The Morgan fingerprint density at radius 1 is 1.40 bits per heavy atom. The first kappa shape index (κ1) is 9.71. The average molecular weight is 203 g/mol. The molecule has 1 heterocycles. The van der Waals surface area contributed by atoms with Crippen molar-refractivity contribution in [2.45, 2.75) is 18.9 Å². The summed E-state index contributed by atoms with van der Waals surface area (Å²) in [6.45, 7) is 1.91. The molecule has 1 unspecified atom stereocenters. The number of carbonyl (C=O) groups is 1. The average Bonchev–Trinajstić information content (AvgIpc) is 2.17. The van der Waals surface area contributed by atoms with Crippen LogP contribution in [-0.2, 0) is 10.3 Å². The van der Waals surface area contributed by atoms with Gasteiger partial charge in [0.2, 0.25) is 5.91 Å². The maximum atomic E-state index is 11.4. The van der Waals surface area contributed by atoms with Crippen LogP contribution in [0.3, 0.4) is 0 Å². The van der Waals surface area contributed by atoms with Crippen LogP contribution < -0.4 is 11.1 Å². The van der Waals surface area contributed by atoms with E-state index in [0.717, 1.165) is 5.56 Å². The van der Waals surface area contributed by atoms with E-state index in [9.17, 15) is 4.79 Å². The van der Waals surface area contributed by atoms with Gasteiger partial charge in [-0.15, -0.1) is 0 Å². The molecule has 0 fully saturated rings. The second-order valence-corrected chi connectivity index (χ2v) is 3.86. The van der Waals surface area contributed by atoms with Gasteiger partial charge < -0.3 is 5.73 Å². The van der Waals surface area contributed by atoms with Gasteiger partial charge in [-0.05, 0) is 12.5 Å². The lowest BCUT2D eigenvalue weighted by molar-refractivity contribution is -0.121. The van der Waals surface area contributed by atoms with E-state index in [2.05, 4.69) is 10.3 Å². The van der Waals surface area contributed by atoms with Crippen molar-refractivity contribution in [3.63, 3.8) is 0 Å². The number of guanidine groups is 1. The van der Waals surface area contributed by atoms with Gasteiger partial charge in [0.1, 0.15) is 0 Å². The summed E-state index contributed by atoms with van der Waals surface area (Å²) in [5.41, 5.74) is 6.02. The third-order valence-electron chi connectivity index (χ3n) is 2.54. The van der Waals surface area contributed by atoms with Crippen LogP contribution >= 0.6 is 0 Å². The number of aliphatic imine (C=N–C) groups is 1. The van der Waals surface area contributed by atoms with Gasteiger partial charge in [-0.2, -0.15) is 0 Å². The van der Waals surface area contributed by atoms with Crippen molar-refractivity contribution in [1.29, 1.82) is 0 Å². The molecule has 3 N–H and O–H groups in total. The van der Waals surface area contributed by atoms with E-state index in [1.54, 1.807) is 0 Å². The van der Waals surface area contributed by atoms with Crippen LogP contribution in [-0.4, -0.2) is 11.9 Å². The van der Waals surface area contributed by atoms with Gasteiger partial charge in [-0.25, -0.2) is 4.99 Å². The Kier molecular flexibility index (Phi) is 2.19. The lowest BCUT2D eigenvalue weighted by Gasteiger charge is -2.29. The third-order valence-corrected chi connectivity index (χ3v) is 2.54. The fourth-order valence-corrected chi connectivity index (χ4v) is 1.80. The van der Waals surface area contributed by atoms with E-state index in [-0.39, 0.29) is 11.9 Å². The highest BCUT2D eigenvalue weighted by molar-refractivity contribution is 5.98. The monoisotopic (exact) mass is 203 g/mol. The van der Waals surface area contributed by atoms with Crippen LogP contribution in [0.5, 0.6) is 0 Å². The molecule has 1 aliphatic rings. The van der Waals surface area contributed by atoms with E-state index in [1.165, 1.54) is 0 Å². The zero-order chi connectivity index (χ0) is 10.9. The van der Waals surface area contributed by atoms with Crippen LogP contribution in [0.25, 0.3) is 0 Å². The van der Waals surface area contributed by atoms with Crippen molar-refractivity contribution >= 4 is 11.9 Å².